The van der Waals surface area contributed by atoms with Crippen molar-refractivity contribution in [3.05, 3.63) is 53.6 Å². The Hall–Kier alpha value is -2.42. The molecule has 3 aromatic rings. The lowest BCUT2D eigenvalue weighted by atomic mass is 10.1. The van der Waals surface area contributed by atoms with Gasteiger partial charge in [-0.2, -0.15) is 0 Å². The smallest absolute Gasteiger partial charge is 0.227 e. The molecule has 0 saturated heterocycles. The molecule has 3 nitrogen and oxygen atoms in total. The van der Waals surface area contributed by atoms with Gasteiger partial charge < -0.3 is 4.42 Å². The molecule has 0 bridgehead atoms. The van der Waals surface area contributed by atoms with Crippen molar-refractivity contribution in [2.45, 2.75) is 13.8 Å². The van der Waals surface area contributed by atoms with E-state index >= 15 is 0 Å². The third-order valence-corrected chi connectivity index (χ3v) is 3.06. The zero-order valence-corrected chi connectivity index (χ0v) is 10.8. The number of carbonyl (C=O) groups excluding carboxylic acids is 1. The molecule has 3 heteroatoms. The number of oxazole rings is 1. The molecule has 0 saturated carbocycles. The lowest BCUT2D eigenvalue weighted by molar-refractivity contribution is 0.101. The molecule has 1 aromatic heterocycles. The average molecular weight is 251 g/mol. The van der Waals surface area contributed by atoms with E-state index in [2.05, 4.69) is 4.98 Å². The molecule has 2 aromatic carbocycles. The topological polar surface area (TPSA) is 43.1 Å². The number of hydrogen-bond donors (Lipinski definition) is 0. The number of rotatable bonds is 2. The van der Waals surface area contributed by atoms with Crippen molar-refractivity contribution in [1.29, 1.82) is 0 Å². The predicted octanol–water partition coefficient (Wildman–Crippen LogP) is 4.01. The van der Waals surface area contributed by atoms with Gasteiger partial charge in [0, 0.05) is 11.1 Å². The van der Waals surface area contributed by atoms with Crippen LogP contribution in [0.3, 0.4) is 0 Å². The molecule has 0 unspecified atom stereocenters. The maximum Gasteiger partial charge on any atom is 0.227 e. The molecule has 19 heavy (non-hydrogen) atoms. The summed E-state index contributed by atoms with van der Waals surface area (Å²) >= 11 is 0. The Kier molecular flexibility index (Phi) is 2.67. The largest absolute Gasteiger partial charge is 0.436 e. The zero-order valence-electron chi connectivity index (χ0n) is 10.8. The molecule has 1 heterocycles. The first-order valence-electron chi connectivity index (χ1n) is 6.12. The highest BCUT2D eigenvalue weighted by Crippen LogP contribution is 2.25. The molecule has 0 aliphatic carbocycles. The van der Waals surface area contributed by atoms with Crippen LogP contribution < -0.4 is 0 Å². The van der Waals surface area contributed by atoms with Gasteiger partial charge in [-0.25, -0.2) is 4.98 Å². The van der Waals surface area contributed by atoms with Crippen molar-refractivity contribution in [1.82, 2.24) is 4.98 Å². The summed E-state index contributed by atoms with van der Waals surface area (Å²) in [6.45, 7) is 3.57. The van der Waals surface area contributed by atoms with Crippen LogP contribution in [-0.4, -0.2) is 10.8 Å². The van der Waals surface area contributed by atoms with Crippen molar-refractivity contribution in [3.8, 4) is 11.5 Å². The van der Waals surface area contributed by atoms with Gasteiger partial charge in [0.25, 0.3) is 0 Å². The lowest BCUT2D eigenvalue weighted by Gasteiger charge is -1.95. The van der Waals surface area contributed by atoms with Gasteiger partial charge in [0.15, 0.2) is 11.4 Å². The Morgan fingerprint density at radius 1 is 1.16 bits per heavy atom. The van der Waals surface area contributed by atoms with Crippen LogP contribution in [0.2, 0.25) is 0 Å². The van der Waals surface area contributed by atoms with Crippen molar-refractivity contribution in [2.24, 2.45) is 0 Å². The summed E-state index contributed by atoms with van der Waals surface area (Å²) < 4.78 is 5.72. The standard InChI is InChI=1S/C16H13NO2/c1-10-4-3-5-13(8-10)16-17-14-9-12(11(2)18)6-7-15(14)19-16/h3-9H,1-2H3. The molecule has 94 valence electrons. The van der Waals surface area contributed by atoms with E-state index in [0.29, 0.717) is 22.6 Å². The molecule has 0 aliphatic heterocycles. The van der Waals surface area contributed by atoms with Crippen molar-refractivity contribution >= 4 is 16.9 Å². The first kappa shape index (κ1) is 11.7. The molecule has 0 fully saturated rings. The van der Waals surface area contributed by atoms with Crippen molar-refractivity contribution < 1.29 is 9.21 Å². The number of aromatic nitrogens is 1. The van der Waals surface area contributed by atoms with E-state index in [1.54, 1.807) is 25.1 Å². The first-order chi connectivity index (χ1) is 9.13. The second-order valence-electron chi connectivity index (χ2n) is 4.63. The molecule has 0 amide bonds. The molecule has 0 N–H and O–H groups in total. The summed E-state index contributed by atoms with van der Waals surface area (Å²) in [4.78, 5) is 15.8. The van der Waals surface area contributed by atoms with Gasteiger partial charge in [0.2, 0.25) is 5.89 Å². The van der Waals surface area contributed by atoms with Crippen LogP contribution in [0.15, 0.2) is 46.9 Å². The van der Waals surface area contributed by atoms with E-state index in [1.165, 1.54) is 0 Å². The van der Waals surface area contributed by atoms with E-state index in [4.69, 9.17) is 4.42 Å². The maximum absolute atomic E-state index is 11.4. The van der Waals surface area contributed by atoms with Crippen LogP contribution in [-0.2, 0) is 0 Å². The van der Waals surface area contributed by atoms with E-state index in [-0.39, 0.29) is 5.78 Å². The SMILES string of the molecule is CC(=O)c1ccc2oc(-c3cccc(C)c3)nc2c1. The summed E-state index contributed by atoms with van der Waals surface area (Å²) in [5.74, 6) is 0.612. The number of nitrogens with zero attached hydrogens (tertiary/aromatic N) is 1. The van der Waals surface area contributed by atoms with Crippen molar-refractivity contribution in [3.63, 3.8) is 0 Å². The average Bonchev–Trinajstić information content (AvgIpc) is 2.81. The van der Waals surface area contributed by atoms with Crippen LogP contribution in [0.25, 0.3) is 22.6 Å². The number of aryl methyl sites for hydroxylation is 1. The van der Waals surface area contributed by atoms with Crippen molar-refractivity contribution in [2.75, 3.05) is 0 Å². The van der Waals surface area contributed by atoms with Crippen LogP contribution in [0.1, 0.15) is 22.8 Å². The van der Waals surface area contributed by atoms with Gasteiger partial charge >= 0.3 is 0 Å². The second kappa shape index (κ2) is 4.35. The summed E-state index contributed by atoms with van der Waals surface area (Å²) in [7, 11) is 0. The highest BCUT2D eigenvalue weighted by atomic mass is 16.3. The third kappa shape index (κ3) is 2.15. The Bertz CT molecular complexity index is 771. The molecular formula is C16H13NO2. The number of benzene rings is 2. The third-order valence-electron chi connectivity index (χ3n) is 3.06. The predicted molar refractivity (Wildman–Crippen MR) is 74.2 cm³/mol. The second-order valence-corrected chi connectivity index (χ2v) is 4.63. The van der Waals surface area contributed by atoms with Gasteiger partial charge in [-0.1, -0.05) is 17.7 Å². The van der Waals surface area contributed by atoms with Gasteiger partial charge in [-0.15, -0.1) is 0 Å². The molecule has 0 aliphatic rings. The number of carbonyl (C=O) groups is 1. The number of fused-ring (bicyclic) bond motifs is 1. The molecular weight excluding hydrogens is 238 g/mol. The highest BCUT2D eigenvalue weighted by Gasteiger charge is 2.10. The minimum Gasteiger partial charge on any atom is -0.436 e. The number of ketones is 1. The van der Waals surface area contributed by atoms with Crippen LogP contribution in [0.5, 0.6) is 0 Å². The molecule has 0 radical (unpaired) electrons. The Balaban J connectivity index is 2.14. The fourth-order valence-corrected chi connectivity index (χ4v) is 2.05. The first-order valence-corrected chi connectivity index (χ1v) is 6.12. The minimum atomic E-state index is 0.0296. The van der Waals surface area contributed by atoms with Gasteiger partial charge in [-0.3, -0.25) is 4.79 Å². The molecule has 0 atom stereocenters. The number of Topliss-reactive ketones (excluding diaryl/α,β-unsaturated/α-hetero) is 1. The summed E-state index contributed by atoms with van der Waals surface area (Å²) in [5, 5.41) is 0. The normalized spacial score (nSPS) is 10.8. The van der Waals surface area contributed by atoms with Gasteiger partial charge in [-0.05, 0) is 44.2 Å². The van der Waals surface area contributed by atoms with Crippen LogP contribution >= 0.6 is 0 Å². The van der Waals surface area contributed by atoms with E-state index in [0.717, 1.165) is 11.1 Å². The molecule has 0 spiro atoms. The fourth-order valence-electron chi connectivity index (χ4n) is 2.05. The van der Waals surface area contributed by atoms with Crippen LogP contribution in [0.4, 0.5) is 0 Å². The highest BCUT2D eigenvalue weighted by molar-refractivity contribution is 5.97. The Morgan fingerprint density at radius 3 is 2.74 bits per heavy atom. The van der Waals surface area contributed by atoms with Crippen LogP contribution in [0, 0.1) is 6.92 Å². The zero-order chi connectivity index (χ0) is 13.4. The quantitative estimate of drug-likeness (QED) is 0.646. The molecule has 3 rings (SSSR count). The Morgan fingerprint density at radius 2 is 2.00 bits per heavy atom. The Labute approximate surface area is 110 Å². The maximum atomic E-state index is 11.4. The fraction of sp³-hybridized carbons (Fsp3) is 0.125. The number of hydrogen-bond acceptors (Lipinski definition) is 3. The monoisotopic (exact) mass is 251 g/mol. The van der Waals surface area contributed by atoms with E-state index in [9.17, 15) is 4.79 Å². The summed E-state index contributed by atoms with van der Waals surface area (Å²) in [5.41, 5.74) is 4.16. The van der Waals surface area contributed by atoms with E-state index < -0.39 is 0 Å². The lowest BCUT2D eigenvalue weighted by Crippen LogP contribution is -1.90. The summed E-state index contributed by atoms with van der Waals surface area (Å²) in [6.07, 6.45) is 0. The minimum absolute atomic E-state index is 0.0296. The summed E-state index contributed by atoms with van der Waals surface area (Å²) in [6, 6.07) is 13.3. The van der Waals surface area contributed by atoms with Gasteiger partial charge in [0.05, 0.1) is 0 Å². The van der Waals surface area contributed by atoms with Gasteiger partial charge in [0.1, 0.15) is 5.52 Å². The van der Waals surface area contributed by atoms with E-state index in [1.807, 2.05) is 31.2 Å².